The number of nitrogens with zero attached hydrogens (tertiary/aromatic N) is 5. The molecule has 8 heteroatoms. The minimum Gasteiger partial charge on any atom is -0.370 e. The van der Waals surface area contributed by atoms with Gasteiger partial charge in [0, 0.05) is 44.3 Å². The van der Waals surface area contributed by atoms with E-state index in [2.05, 4.69) is 24.7 Å². The minimum atomic E-state index is 0. The van der Waals surface area contributed by atoms with Crippen LogP contribution in [0, 0.1) is 0 Å². The average molecular weight is 478 g/mol. The Morgan fingerprint density at radius 2 is 1.80 bits per heavy atom. The molecule has 142 valence electrons. The van der Waals surface area contributed by atoms with Crippen LogP contribution in [0.25, 0.3) is 0 Å². The number of aromatic nitrogens is 1. The number of anilines is 1. The fourth-order valence-corrected chi connectivity index (χ4v) is 4.14. The van der Waals surface area contributed by atoms with E-state index in [0.717, 1.165) is 50.8 Å². The summed E-state index contributed by atoms with van der Waals surface area (Å²) in [5, 5.41) is 3.14. The zero-order chi connectivity index (χ0) is 16.6. The zero-order valence-corrected chi connectivity index (χ0v) is 18.1. The topological polar surface area (TPSA) is 61.0 Å². The standard InChI is InChI=1S/C17H30N6S.HI/c18-16(19-6-5-10-21-8-3-1-2-4-9-21)22-11-13-23(14-12-22)17-20-7-15-24-17;/h7,15H,1-6,8-14H2,(H2,18,19);1H. The lowest BCUT2D eigenvalue weighted by atomic mass is 10.2. The van der Waals surface area contributed by atoms with Crippen molar-refractivity contribution in [1.29, 1.82) is 0 Å². The van der Waals surface area contributed by atoms with Crippen LogP contribution >= 0.6 is 35.3 Å². The highest BCUT2D eigenvalue weighted by atomic mass is 127. The quantitative estimate of drug-likeness (QED) is 0.305. The van der Waals surface area contributed by atoms with Gasteiger partial charge in [0.05, 0.1) is 0 Å². The van der Waals surface area contributed by atoms with Crippen LogP contribution in [-0.4, -0.2) is 73.1 Å². The molecule has 0 bridgehead atoms. The molecule has 25 heavy (non-hydrogen) atoms. The van der Waals surface area contributed by atoms with Crippen LogP contribution in [0.15, 0.2) is 16.6 Å². The summed E-state index contributed by atoms with van der Waals surface area (Å²) in [6, 6.07) is 0. The number of nitrogens with two attached hydrogens (primary N) is 1. The molecule has 0 radical (unpaired) electrons. The number of piperazine rings is 1. The first kappa shape index (κ1) is 20.7. The van der Waals surface area contributed by atoms with Crippen LogP contribution in [0.3, 0.4) is 0 Å². The zero-order valence-electron chi connectivity index (χ0n) is 15.0. The molecule has 0 aromatic carbocycles. The van der Waals surface area contributed by atoms with E-state index in [4.69, 9.17) is 5.73 Å². The molecule has 0 atom stereocenters. The van der Waals surface area contributed by atoms with E-state index >= 15 is 0 Å². The summed E-state index contributed by atoms with van der Waals surface area (Å²) in [5.41, 5.74) is 6.19. The van der Waals surface area contributed by atoms with Gasteiger partial charge in [-0.2, -0.15) is 0 Å². The van der Waals surface area contributed by atoms with Crippen LogP contribution < -0.4 is 10.6 Å². The van der Waals surface area contributed by atoms with Gasteiger partial charge in [-0.25, -0.2) is 4.98 Å². The largest absolute Gasteiger partial charge is 0.370 e. The Hall–Kier alpha value is -0.610. The van der Waals surface area contributed by atoms with Gasteiger partial charge >= 0.3 is 0 Å². The van der Waals surface area contributed by atoms with Crippen LogP contribution in [0.4, 0.5) is 5.13 Å². The second-order valence-electron chi connectivity index (χ2n) is 6.64. The summed E-state index contributed by atoms with van der Waals surface area (Å²) in [6.45, 7) is 8.33. The fraction of sp³-hybridized carbons (Fsp3) is 0.765. The first-order valence-corrected chi connectivity index (χ1v) is 10.1. The molecule has 2 aliphatic rings. The van der Waals surface area contributed by atoms with Crippen LogP contribution in [-0.2, 0) is 0 Å². The van der Waals surface area contributed by atoms with Gasteiger partial charge in [-0.3, -0.25) is 4.99 Å². The van der Waals surface area contributed by atoms with Gasteiger partial charge in [-0.1, -0.05) is 12.8 Å². The first-order chi connectivity index (χ1) is 11.8. The normalized spacial score (nSPS) is 20.2. The third-order valence-corrected chi connectivity index (χ3v) is 5.73. The molecule has 2 fully saturated rings. The van der Waals surface area contributed by atoms with Crippen molar-refractivity contribution in [2.75, 3.05) is 57.3 Å². The number of hydrogen-bond acceptors (Lipinski definition) is 5. The van der Waals surface area contributed by atoms with Gasteiger partial charge in [-0.05, 0) is 38.9 Å². The van der Waals surface area contributed by atoms with Gasteiger partial charge in [0.25, 0.3) is 0 Å². The van der Waals surface area contributed by atoms with Crippen molar-refractivity contribution in [3.63, 3.8) is 0 Å². The lowest BCUT2D eigenvalue weighted by Gasteiger charge is -2.35. The van der Waals surface area contributed by atoms with Crippen molar-refractivity contribution in [2.24, 2.45) is 10.7 Å². The van der Waals surface area contributed by atoms with Crippen molar-refractivity contribution in [1.82, 2.24) is 14.8 Å². The summed E-state index contributed by atoms with van der Waals surface area (Å²) in [7, 11) is 0. The molecule has 0 aliphatic carbocycles. The number of guanidine groups is 1. The molecule has 0 amide bonds. The van der Waals surface area contributed by atoms with Gasteiger partial charge in [0.2, 0.25) is 0 Å². The summed E-state index contributed by atoms with van der Waals surface area (Å²) in [4.78, 5) is 16.1. The van der Waals surface area contributed by atoms with Gasteiger partial charge in [0.1, 0.15) is 0 Å². The summed E-state index contributed by atoms with van der Waals surface area (Å²) < 4.78 is 0. The van der Waals surface area contributed by atoms with Crippen LogP contribution in [0.2, 0.25) is 0 Å². The number of aliphatic imine (C=N–C) groups is 1. The Kier molecular flexibility index (Phi) is 9.25. The summed E-state index contributed by atoms with van der Waals surface area (Å²) in [6.07, 6.45) is 8.49. The lowest BCUT2D eigenvalue weighted by Crippen LogP contribution is -2.51. The lowest BCUT2D eigenvalue weighted by molar-refractivity contribution is 0.283. The van der Waals surface area contributed by atoms with Crippen LogP contribution in [0.1, 0.15) is 32.1 Å². The monoisotopic (exact) mass is 478 g/mol. The average Bonchev–Trinajstić information content (AvgIpc) is 3.03. The number of halogens is 1. The maximum Gasteiger partial charge on any atom is 0.191 e. The highest BCUT2D eigenvalue weighted by Gasteiger charge is 2.19. The van der Waals surface area contributed by atoms with E-state index in [1.807, 2.05) is 11.6 Å². The van der Waals surface area contributed by atoms with Crippen molar-refractivity contribution >= 4 is 46.4 Å². The maximum absolute atomic E-state index is 6.19. The van der Waals surface area contributed by atoms with Crippen molar-refractivity contribution in [3.8, 4) is 0 Å². The predicted molar refractivity (Wildman–Crippen MR) is 117 cm³/mol. The van der Waals surface area contributed by atoms with E-state index in [9.17, 15) is 0 Å². The SMILES string of the molecule is I.NC(=NCCCN1CCCCCC1)N1CCN(c2nccs2)CC1. The second-order valence-corrected chi connectivity index (χ2v) is 7.51. The Morgan fingerprint density at radius 3 is 2.44 bits per heavy atom. The Bertz CT molecular complexity index is 493. The van der Waals surface area contributed by atoms with E-state index < -0.39 is 0 Å². The molecule has 3 rings (SSSR count). The van der Waals surface area contributed by atoms with E-state index in [-0.39, 0.29) is 24.0 Å². The fourth-order valence-electron chi connectivity index (χ4n) is 3.45. The molecule has 0 unspecified atom stereocenters. The first-order valence-electron chi connectivity index (χ1n) is 9.24. The second kappa shape index (κ2) is 11.2. The Labute approximate surface area is 172 Å². The highest BCUT2D eigenvalue weighted by molar-refractivity contribution is 14.0. The summed E-state index contributed by atoms with van der Waals surface area (Å²) >= 11 is 1.70. The number of hydrogen-bond donors (Lipinski definition) is 1. The van der Waals surface area contributed by atoms with Gasteiger partial charge in [-0.15, -0.1) is 35.3 Å². The molecular weight excluding hydrogens is 447 g/mol. The molecule has 6 nitrogen and oxygen atoms in total. The molecule has 0 spiro atoms. The van der Waals surface area contributed by atoms with Gasteiger partial charge in [0.15, 0.2) is 11.1 Å². The molecular formula is C17H31IN6S. The smallest absolute Gasteiger partial charge is 0.191 e. The third kappa shape index (κ3) is 6.56. The molecule has 1 aromatic rings. The highest BCUT2D eigenvalue weighted by Crippen LogP contribution is 2.18. The third-order valence-electron chi connectivity index (χ3n) is 4.90. The van der Waals surface area contributed by atoms with E-state index in [1.54, 1.807) is 11.3 Å². The van der Waals surface area contributed by atoms with Crippen molar-refractivity contribution in [3.05, 3.63) is 11.6 Å². The van der Waals surface area contributed by atoms with Crippen molar-refractivity contribution in [2.45, 2.75) is 32.1 Å². The minimum absolute atomic E-state index is 0. The number of likely N-dealkylation sites (tertiary alicyclic amines) is 1. The van der Waals surface area contributed by atoms with Gasteiger partial charge < -0.3 is 20.4 Å². The summed E-state index contributed by atoms with van der Waals surface area (Å²) in [5.74, 6) is 0.713. The number of rotatable bonds is 5. The molecule has 2 saturated heterocycles. The molecule has 2 N–H and O–H groups in total. The molecule has 2 aliphatic heterocycles. The molecule has 1 aromatic heterocycles. The van der Waals surface area contributed by atoms with E-state index in [1.165, 1.54) is 38.8 Å². The van der Waals surface area contributed by atoms with Crippen LogP contribution in [0.5, 0.6) is 0 Å². The number of thiazole rings is 1. The predicted octanol–water partition coefficient (Wildman–Crippen LogP) is 2.46. The molecule has 3 heterocycles. The Balaban J connectivity index is 0.00000225. The molecule has 0 saturated carbocycles. The maximum atomic E-state index is 6.19. The van der Waals surface area contributed by atoms with E-state index in [0.29, 0.717) is 5.96 Å². The van der Waals surface area contributed by atoms with Crippen molar-refractivity contribution < 1.29 is 0 Å². The Morgan fingerprint density at radius 1 is 1.08 bits per heavy atom.